The third kappa shape index (κ3) is 3.62. The van der Waals surface area contributed by atoms with Gasteiger partial charge in [0.25, 0.3) is 5.91 Å². The lowest BCUT2D eigenvalue weighted by atomic mass is 9.93. The van der Waals surface area contributed by atoms with Crippen molar-refractivity contribution in [2.45, 2.75) is 19.9 Å². The topological polar surface area (TPSA) is 59.4 Å². The maximum atomic E-state index is 13.1. The summed E-state index contributed by atoms with van der Waals surface area (Å²) in [6.45, 7) is 3.93. The van der Waals surface area contributed by atoms with Crippen molar-refractivity contribution < 1.29 is 4.79 Å². The number of benzene rings is 2. The zero-order valence-electron chi connectivity index (χ0n) is 16.4. The fourth-order valence-electron chi connectivity index (χ4n) is 3.38. The summed E-state index contributed by atoms with van der Waals surface area (Å²) in [6, 6.07) is 17.0. The molecule has 28 heavy (non-hydrogen) atoms. The number of carbonyl (C=O) groups is 1. The minimum Gasteiger partial charge on any atom is -0.351 e. The highest BCUT2D eigenvalue weighted by Gasteiger charge is 2.35. The molecular weight excluding hydrogens is 368 g/mol. The summed E-state index contributed by atoms with van der Waals surface area (Å²) in [5.41, 5.74) is 4.77. The molecule has 1 N–H and O–H groups in total. The minimum atomic E-state index is -0.420. The van der Waals surface area contributed by atoms with Gasteiger partial charge in [0.05, 0.1) is 23.2 Å². The average molecular weight is 391 g/mol. The Kier molecular flexibility index (Phi) is 5.48. The molecule has 1 atom stereocenters. The van der Waals surface area contributed by atoms with Crippen LogP contribution in [0.3, 0.4) is 0 Å². The molecule has 0 radical (unpaired) electrons. The monoisotopic (exact) mass is 390 g/mol. The smallest absolute Gasteiger partial charge is 0.253 e. The number of anilines is 1. The van der Waals surface area contributed by atoms with Gasteiger partial charge in [-0.15, -0.1) is 0 Å². The molecule has 0 bridgehead atoms. The van der Waals surface area contributed by atoms with Crippen LogP contribution in [0.2, 0.25) is 0 Å². The van der Waals surface area contributed by atoms with Crippen LogP contribution in [0.1, 0.15) is 29.7 Å². The van der Waals surface area contributed by atoms with Crippen molar-refractivity contribution >= 4 is 28.9 Å². The largest absolute Gasteiger partial charge is 0.351 e. The van der Waals surface area contributed by atoms with E-state index in [1.54, 1.807) is 31.1 Å². The van der Waals surface area contributed by atoms with Gasteiger partial charge in [-0.3, -0.25) is 9.69 Å². The van der Waals surface area contributed by atoms with E-state index in [-0.39, 0.29) is 5.91 Å². The average Bonchev–Trinajstić information content (AvgIpc) is 2.67. The number of nitrogens with zero attached hydrogens (tertiary/aromatic N) is 3. The fourth-order valence-corrected chi connectivity index (χ4v) is 3.74. The minimum absolute atomic E-state index is 0.0995. The summed E-state index contributed by atoms with van der Waals surface area (Å²) in [4.78, 5) is 16.5. The second kappa shape index (κ2) is 7.83. The highest BCUT2D eigenvalue weighted by molar-refractivity contribution is 7.80. The number of nitriles is 1. The summed E-state index contributed by atoms with van der Waals surface area (Å²) < 4.78 is 0. The zero-order chi connectivity index (χ0) is 20.4. The molecule has 0 aromatic heterocycles. The Balaban J connectivity index is 2.18. The van der Waals surface area contributed by atoms with Gasteiger partial charge in [-0.05, 0) is 61.5 Å². The van der Waals surface area contributed by atoms with Gasteiger partial charge in [0.15, 0.2) is 5.11 Å². The number of aryl methyl sites for hydroxylation is 1. The lowest BCUT2D eigenvalue weighted by Gasteiger charge is -2.38. The number of allylic oxidation sites excluding steroid dienone is 1. The third-order valence-corrected chi connectivity index (χ3v) is 5.03. The van der Waals surface area contributed by atoms with E-state index in [9.17, 15) is 10.1 Å². The lowest BCUT2D eigenvalue weighted by molar-refractivity contribution is -0.125. The number of rotatable bonds is 3. The Hall–Kier alpha value is -3.17. The normalized spacial score (nSPS) is 16.5. The van der Waals surface area contributed by atoms with E-state index < -0.39 is 6.04 Å². The Morgan fingerprint density at radius 3 is 2.54 bits per heavy atom. The van der Waals surface area contributed by atoms with Gasteiger partial charge >= 0.3 is 0 Å². The van der Waals surface area contributed by atoms with Crippen LogP contribution in [0.4, 0.5) is 5.69 Å². The SMILES string of the molecule is CC1=C(C(=O)N(C)C)C(c2cccc(C#N)c2)NC(=S)N1c1cccc(C)c1. The van der Waals surface area contributed by atoms with Crippen molar-refractivity contribution in [3.8, 4) is 6.07 Å². The fraction of sp³-hybridized carbons (Fsp3) is 0.227. The molecule has 142 valence electrons. The van der Waals surface area contributed by atoms with Crippen LogP contribution in [0.25, 0.3) is 0 Å². The molecule has 0 saturated heterocycles. The summed E-state index contributed by atoms with van der Waals surface area (Å²) >= 11 is 5.66. The van der Waals surface area contributed by atoms with Crippen molar-refractivity contribution in [1.82, 2.24) is 10.2 Å². The van der Waals surface area contributed by atoms with E-state index in [0.717, 1.165) is 22.5 Å². The number of hydrogen-bond acceptors (Lipinski definition) is 3. The maximum absolute atomic E-state index is 13.1. The lowest BCUT2D eigenvalue weighted by Crippen LogP contribution is -2.49. The highest BCUT2D eigenvalue weighted by atomic mass is 32.1. The number of carbonyl (C=O) groups excluding carboxylic acids is 1. The summed E-state index contributed by atoms with van der Waals surface area (Å²) in [7, 11) is 3.46. The van der Waals surface area contributed by atoms with E-state index in [0.29, 0.717) is 16.2 Å². The Labute approximate surface area is 170 Å². The van der Waals surface area contributed by atoms with Gasteiger partial charge in [0.1, 0.15) is 0 Å². The van der Waals surface area contributed by atoms with Crippen LogP contribution in [-0.2, 0) is 4.79 Å². The first kappa shape index (κ1) is 19.6. The van der Waals surface area contributed by atoms with Gasteiger partial charge in [-0.25, -0.2) is 0 Å². The molecule has 3 rings (SSSR count). The highest BCUT2D eigenvalue weighted by Crippen LogP contribution is 2.34. The Bertz CT molecular complexity index is 1020. The van der Waals surface area contributed by atoms with Crippen molar-refractivity contribution in [2.75, 3.05) is 19.0 Å². The molecule has 0 spiro atoms. The Morgan fingerprint density at radius 1 is 1.18 bits per heavy atom. The first-order valence-corrected chi connectivity index (χ1v) is 9.34. The second-order valence-corrected chi connectivity index (χ2v) is 7.38. The molecule has 6 heteroatoms. The number of thiocarbonyl (C=S) groups is 1. The molecule has 0 aliphatic carbocycles. The molecule has 1 amide bonds. The summed E-state index contributed by atoms with van der Waals surface area (Å²) in [6.07, 6.45) is 0. The molecule has 2 aromatic rings. The third-order valence-electron chi connectivity index (χ3n) is 4.73. The van der Waals surface area contributed by atoms with Crippen LogP contribution in [0.15, 0.2) is 59.8 Å². The number of likely N-dealkylation sites (N-methyl/N-ethyl adjacent to an activating group) is 1. The van der Waals surface area contributed by atoms with Crippen LogP contribution in [-0.4, -0.2) is 30.0 Å². The molecular formula is C22H22N4OS. The number of amides is 1. The van der Waals surface area contributed by atoms with E-state index in [4.69, 9.17) is 12.2 Å². The van der Waals surface area contributed by atoms with E-state index in [1.165, 1.54) is 0 Å². The predicted molar refractivity (Wildman–Crippen MR) is 115 cm³/mol. The van der Waals surface area contributed by atoms with Crippen molar-refractivity contribution in [1.29, 1.82) is 5.26 Å². The van der Waals surface area contributed by atoms with Crippen molar-refractivity contribution in [2.24, 2.45) is 0 Å². The molecule has 0 saturated carbocycles. The summed E-state index contributed by atoms with van der Waals surface area (Å²) in [5, 5.41) is 13.1. The van der Waals surface area contributed by atoms with Gasteiger partial charge < -0.3 is 10.2 Å². The zero-order valence-corrected chi connectivity index (χ0v) is 17.2. The van der Waals surface area contributed by atoms with Crippen molar-refractivity contribution in [3.63, 3.8) is 0 Å². The molecule has 5 nitrogen and oxygen atoms in total. The van der Waals surface area contributed by atoms with E-state index >= 15 is 0 Å². The molecule has 1 aliphatic rings. The standard InChI is InChI=1S/C22H22N4OS/c1-14-7-5-10-18(11-14)26-15(2)19(21(27)25(3)4)20(24-22(26)28)17-9-6-8-16(12-17)13-23/h5-12,20H,1-4H3,(H,24,28). The van der Waals surface area contributed by atoms with Crippen LogP contribution < -0.4 is 10.2 Å². The quantitative estimate of drug-likeness (QED) is 0.811. The first-order valence-electron chi connectivity index (χ1n) is 8.93. The van der Waals surface area contributed by atoms with Crippen LogP contribution in [0.5, 0.6) is 0 Å². The van der Waals surface area contributed by atoms with Crippen LogP contribution >= 0.6 is 12.2 Å². The number of nitrogens with one attached hydrogen (secondary N) is 1. The molecule has 0 fully saturated rings. The van der Waals surface area contributed by atoms with Crippen molar-refractivity contribution in [3.05, 3.63) is 76.5 Å². The Morgan fingerprint density at radius 2 is 1.89 bits per heavy atom. The maximum Gasteiger partial charge on any atom is 0.253 e. The molecule has 1 heterocycles. The molecule has 1 aliphatic heterocycles. The van der Waals surface area contributed by atoms with Gasteiger partial charge in [-0.2, -0.15) is 5.26 Å². The second-order valence-electron chi connectivity index (χ2n) is 6.99. The predicted octanol–water partition coefficient (Wildman–Crippen LogP) is 3.66. The van der Waals surface area contributed by atoms with Crippen LogP contribution in [0, 0.1) is 18.3 Å². The van der Waals surface area contributed by atoms with E-state index in [2.05, 4.69) is 11.4 Å². The molecule has 1 unspecified atom stereocenters. The van der Waals surface area contributed by atoms with Gasteiger partial charge in [-0.1, -0.05) is 24.3 Å². The summed E-state index contributed by atoms with van der Waals surface area (Å²) in [5.74, 6) is -0.0995. The first-order chi connectivity index (χ1) is 13.3. The van der Waals surface area contributed by atoms with Gasteiger partial charge in [0, 0.05) is 25.5 Å². The molecule has 2 aromatic carbocycles. The number of hydrogen-bond donors (Lipinski definition) is 1. The van der Waals surface area contributed by atoms with Gasteiger partial charge in [0.2, 0.25) is 0 Å². The van der Waals surface area contributed by atoms with E-state index in [1.807, 2.05) is 55.1 Å².